The first-order valence-electron chi connectivity index (χ1n) is 6.82. The van der Waals surface area contributed by atoms with Crippen molar-refractivity contribution in [3.63, 3.8) is 0 Å². The number of amides is 1. The van der Waals surface area contributed by atoms with Crippen molar-refractivity contribution in [1.29, 1.82) is 0 Å². The average molecular weight is 262 g/mol. The Morgan fingerprint density at radius 3 is 2.68 bits per heavy atom. The molecule has 0 bridgehead atoms. The zero-order valence-corrected chi connectivity index (χ0v) is 11.7. The van der Waals surface area contributed by atoms with Crippen LogP contribution in [0, 0.1) is 0 Å². The molecule has 1 unspecified atom stereocenters. The van der Waals surface area contributed by atoms with E-state index in [1.165, 1.54) is 5.56 Å². The van der Waals surface area contributed by atoms with Gasteiger partial charge in [-0.3, -0.25) is 4.79 Å². The Balaban J connectivity index is 1.89. The summed E-state index contributed by atoms with van der Waals surface area (Å²) in [6.07, 6.45) is 1.65. The smallest absolute Gasteiger partial charge is 0.227 e. The van der Waals surface area contributed by atoms with Crippen LogP contribution in [0.3, 0.4) is 0 Å². The molecule has 1 aromatic carbocycles. The maximum atomic E-state index is 11.6. The zero-order valence-electron chi connectivity index (χ0n) is 11.7. The Labute approximate surface area is 114 Å². The second kappa shape index (κ2) is 6.68. The molecule has 0 aromatic heterocycles. The summed E-state index contributed by atoms with van der Waals surface area (Å²) in [5.74, 6) is 0.236. The van der Waals surface area contributed by atoms with E-state index in [1.807, 2.05) is 17.0 Å². The van der Waals surface area contributed by atoms with Gasteiger partial charge in [-0.25, -0.2) is 0 Å². The second-order valence-electron chi connectivity index (χ2n) is 5.05. The summed E-state index contributed by atoms with van der Waals surface area (Å²) < 4.78 is 5.08. The summed E-state index contributed by atoms with van der Waals surface area (Å²) >= 11 is 0. The number of rotatable bonds is 6. The number of benzene rings is 1. The fourth-order valence-corrected chi connectivity index (χ4v) is 2.32. The van der Waals surface area contributed by atoms with Crippen LogP contribution in [0.5, 0.6) is 0 Å². The fraction of sp³-hybridized carbons (Fsp3) is 0.533. The maximum absolute atomic E-state index is 11.6. The molecule has 104 valence electrons. The van der Waals surface area contributed by atoms with Crippen molar-refractivity contribution >= 4 is 11.6 Å². The highest BCUT2D eigenvalue weighted by atomic mass is 16.5. The number of ether oxygens (including phenoxy) is 1. The number of methoxy groups -OCH3 is 1. The standard InChI is InChI=1S/C15H22N2O2/c1-12(11-19-2)16-10-13-5-7-14(8-6-13)17-9-3-4-15(17)18/h5-8,12,16H,3-4,9-11H2,1-2H3. The number of nitrogens with one attached hydrogen (secondary N) is 1. The van der Waals surface area contributed by atoms with Crippen LogP contribution in [0.2, 0.25) is 0 Å². The van der Waals surface area contributed by atoms with Gasteiger partial charge in [0.25, 0.3) is 0 Å². The molecule has 1 atom stereocenters. The SMILES string of the molecule is COCC(C)NCc1ccc(N2CCCC2=O)cc1. The van der Waals surface area contributed by atoms with Crippen molar-refractivity contribution in [2.75, 3.05) is 25.2 Å². The van der Waals surface area contributed by atoms with Crippen molar-refractivity contribution in [1.82, 2.24) is 5.32 Å². The topological polar surface area (TPSA) is 41.6 Å². The lowest BCUT2D eigenvalue weighted by atomic mass is 10.2. The van der Waals surface area contributed by atoms with Crippen LogP contribution < -0.4 is 10.2 Å². The number of anilines is 1. The zero-order chi connectivity index (χ0) is 13.7. The molecule has 0 saturated carbocycles. The van der Waals surface area contributed by atoms with Gasteiger partial charge in [-0.05, 0) is 31.0 Å². The van der Waals surface area contributed by atoms with Crippen LogP contribution in [-0.4, -0.2) is 32.2 Å². The first-order chi connectivity index (χ1) is 9.20. The van der Waals surface area contributed by atoms with Crippen LogP contribution in [0.25, 0.3) is 0 Å². The van der Waals surface area contributed by atoms with Crippen LogP contribution in [0.15, 0.2) is 24.3 Å². The number of carbonyl (C=O) groups excluding carboxylic acids is 1. The lowest BCUT2D eigenvalue weighted by Crippen LogP contribution is -2.29. The minimum absolute atomic E-state index is 0.236. The van der Waals surface area contributed by atoms with E-state index in [-0.39, 0.29) is 5.91 Å². The molecular weight excluding hydrogens is 240 g/mol. The van der Waals surface area contributed by atoms with Crippen molar-refractivity contribution in [3.05, 3.63) is 29.8 Å². The predicted octanol–water partition coefficient (Wildman–Crippen LogP) is 1.94. The predicted molar refractivity (Wildman–Crippen MR) is 76.2 cm³/mol. The normalized spacial score (nSPS) is 16.9. The molecule has 1 aliphatic heterocycles. The molecule has 1 heterocycles. The van der Waals surface area contributed by atoms with Gasteiger partial charge in [-0.2, -0.15) is 0 Å². The van der Waals surface area contributed by atoms with Gasteiger partial charge < -0.3 is 15.0 Å². The van der Waals surface area contributed by atoms with Crippen molar-refractivity contribution in [3.8, 4) is 0 Å². The van der Waals surface area contributed by atoms with Gasteiger partial charge in [0.15, 0.2) is 0 Å². The Morgan fingerprint density at radius 1 is 1.37 bits per heavy atom. The van der Waals surface area contributed by atoms with Gasteiger partial charge in [0.1, 0.15) is 0 Å². The van der Waals surface area contributed by atoms with Crippen molar-refractivity contribution in [2.45, 2.75) is 32.4 Å². The molecule has 19 heavy (non-hydrogen) atoms. The molecule has 1 fully saturated rings. The van der Waals surface area contributed by atoms with E-state index in [4.69, 9.17) is 4.74 Å². The molecule has 1 saturated heterocycles. The second-order valence-corrected chi connectivity index (χ2v) is 5.05. The third kappa shape index (κ3) is 3.78. The average Bonchev–Trinajstić information content (AvgIpc) is 2.84. The Morgan fingerprint density at radius 2 is 2.11 bits per heavy atom. The van der Waals surface area contributed by atoms with Gasteiger partial charge in [0.2, 0.25) is 5.91 Å². The number of hydrogen-bond donors (Lipinski definition) is 1. The Hall–Kier alpha value is -1.39. The summed E-state index contributed by atoms with van der Waals surface area (Å²) in [6, 6.07) is 8.55. The third-order valence-corrected chi connectivity index (χ3v) is 3.39. The van der Waals surface area contributed by atoms with Crippen molar-refractivity contribution < 1.29 is 9.53 Å². The lowest BCUT2D eigenvalue weighted by molar-refractivity contribution is -0.117. The molecule has 1 N–H and O–H groups in total. The van der Waals surface area contributed by atoms with Crippen LogP contribution in [0.1, 0.15) is 25.3 Å². The van der Waals surface area contributed by atoms with Gasteiger partial charge in [0.05, 0.1) is 6.61 Å². The first kappa shape index (κ1) is 14.0. The van der Waals surface area contributed by atoms with E-state index in [9.17, 15) is 4.79 Å². The Kier molecular flexibility index (Phi) is 4.93. The minimum atomic E-state index is 0.236. The highest BCUT2D eigenvalue weighted by molar-refractivity contribution is 5.95. The van der Waals surface area contributed by atoms with Gasteiger partial charge in [-0.15, -0.1) is 0 Å². The lowest BCUT2D eigenvalue weighted by Gasteiger charge is -2.17. The van der Waals surface area contributed by atoms with E-state index in [0.717, 1.165) is 25.2 Å². The monoisotopic (exact) mass is 262 g/mol. The molecule has 1 aliphatic rings. The minimum Gasteiger partial charge on any atom is -0.383 e. The van der Waals surface area contributed by atoms with Crippen molar-refractivity contribution in [2.24, 2.45) is 0 Å². The van der Waals surface area contributed by atoms with E-state index in [2.05, 4.69) is 24.4 Å². The molecule has 0 aliphatic carbocycles. The number of hydrogen-bond acceptors (Lipinski definition) is 3. The highest BCUT2D eigenvalue weighted by Crippen LogP contribution is 2.21. The molecule has 0 spiro atoms. The van der Waals surface area contributed by atoms with E-state index in [1.54, 1.807) is 7.11 Å². The molecule has 2 rings (SSSR count). The summed E-state index contributed by atoms with van der Waals surface area (Å²) in [6.45, 7) is 4.47. The first-order valence-corrected chi connectivity index (χ1v) is 6.82. The summed E-state index contributed by atoms with van der Waals surface area (Å²) in [4.78, 5) is 13.5. The molecular formula is C15H22N2O2. The highest BCUT2D eigenvalue weighted by Gasteiger charge is 2.21. The van der Waals surface area contributed by atoms with Gasteiger partial charge in [0, 0.05) is 38.3 Å². The number of nitrogens with zero attached hydrogens (tertiary/aromatic N) is 1. The van der Waals surface area contributed by atoms with E-state index in [0.29, 0.717) is 19.1 Å². The quantitative estimate of drug-likeness (QED) is 0.852. The summed E-state index contributed by atoms with van der Waals surface area (Å²) in [5.41, 5.74) is 2.23. The number of carbonyl (C=O) groups is 1. The van der Waals surface area contributed by atoms with Gasteiger partial charge in [-0.1, -0.05) is 12.1 Å². The molecule has 1 aromatic rings. The van der Waals surface area contributed by atoms with Crippen LogP contribution in [-0.2, 0) is 16.1 Å². The molecule has 1 amide bonds. The van der Waals surface area contributed by atoms with E-state index >= 15 is 0 Å². The Bertz CT molecular complexity index is 417. The van der Waals surface area contributed by atoms with E-state index < -0.39 is 0 Å². The fourth-order valence-electron chi connectivity index (χ4n) is 2.32. The summed E-state index contributed by atoms with van der Waals surface area (Å²) in [5, 5.41) is 3.39. The molecule has 0 radical (unpaired) electrons. The third-order valence-electron chi connectivity index (χ3n) is 3.39. The molecule has 4 nitrogen and oxygen atoms in total. The largest absolute Gasteiger partial charge is 0.383 e. The summed E-state index contributed by atoms with van der Waals surface area (Å²) in [7, 11) is 1.71. The molecule has 4 heteroatoms. The maximum Gasteiger partial charge on any atom is 0.227 e. The van der Waals surface area contributed by atoms with Crippen LogP contribution >= 0.6 is 0 Å². The van der Waals surface area contributed by atoms with Crippen LogP contribution in [0.4, 0.5) is 5.69 Å². The van der Waals surface area contributed by atoms with Gasteiger partial charge >= 0.3 is 0 Å².